The van der Waals surface area contributed by atoms with Crippen LogP contribution in [0.5, 0.6) is 0 Å². The van der Waals surface area contributed by atoms with Crippen LogP contribution in [0.25, 0.3) is 0 Å². The van der Waals surface area contributed by atoms with Crippen LogP contribution in [0.2, 0.25) is 0 Å². The molecule has 0 radical (unpaired) electrons. The molecule has 0 aliphatic rings. The van der Waals surface area contributed by atoms with E-state index < -0.39 is 0 Å². The fraction of sp³-hybridized carbons (Fsp3) is 0.500. The van der Waals surface area contributed by atoms with Crippen LogP contribution in [-0.2, 0) is 0 Å². The number of hydrogen-bond donors (Lipinski definition) is 3. The van der Waals surface area contributed by atoms with Gasteiger partial charge in [0.2, 0.25) is 0 Å². The molecule has 0 spiro atoms. The van der Waals surface area contributed by atoms with Crippen LogP contribution in [0.3, 0.4) is 0 Å². The molecule has 1 heterocycles. The number of H-pyrrole nitrogens is 1. The van der Waals surface area contributed by atoms with E-state index in [2.05, 4.69) is 25.9 Å². The summed E-state index contributed by atoms with van der Waals surface area (Å²) in [6, 6.07) is 0. The predicted octanol–water partition coefficient (Wildman–Crippen LogP) is -0.677. The number of nitrogens with zero attached hydrogens (tertiary/aromatic N) is 2. The van der Waals surface area contributed by atoms with Crippen molar-refractivity contribution in [2.45, 2.75) is 0 Å². The van der Waals surface area contributed by atoms with Gasteiger partial charge in [0.15, 0.2) is 0 Å². The molecule has 0 fully saturated rings. The number of rotatable bonds is 5. The van der Waals surface area contributed by atoms with Crippen molar-refractivity contribution in [3.63, 3.8) is 0 Å². The van der Waals surface area contributed by atoms with E-state index in [4.69, 9.17) is 10.2 Å². The Morgan fingerprint density at radius 2 is 2.00 bits per heavy atom. The minimum atomic E-state index is -0.291. The van der Waals surface area contributed by atoms with Crippen molar-refractivity contribution in [1.82, 2.24) is 9.97 Å². The Bertz CT molecular complexity index is 362. The molecule has 0 aromatic carbocycles. The number of aliphatic hydroxyl groups is 2. The summed E-state index contributed by atoms with van der Waals surface area (Å²) in [4.78, 5) is 19.3. The lowest BCUT2D eigenvalue weighted by Gasteiger charge is -2.21. The standard InChI is InChI=1S/C8H12BrN3O3/c9-6-7(10-5-11-8(6)15)12(1-3-13)2-4-14/h5,13-14H,1-4H2,(H,10,11,15). The van der Waals surface area contributed by atoms with E-state index >= 15 is 0 Å². The molecule has 1 rings (SSSR count). The topological polar surface area (TPSA) is 89.5 Å². The summed E-state index contributed by atoms with van der Waals surface area (Å²) in [6.45, 7) is 0.493. The molecule has 0 saturated carbocycles. The summed E-state index contributed by atoms with van der Waals surface area (Å²) in [5.41, 5.74) is -0.291. The van der Waals surface area contributed by atoms with Gasteiger partial charge >= 0.3 is 0 Å². The van der Waals surface area contributed by atoms with Crippen molar-refractivity contribution in [2.75, 3.05) is 31.2 Å². The van der Waals surface area contributed by atoms with Crippen molar-refractivity contribution in [1.29, 1.82) is 0 Å². The molecule has 1 aromatic heterocycles. The minimum Gasteiger partial charge on any atom is -0.395 e. The Morgan fingerprint density at radius 3 is 2.53 bits per heavy atom. The van der Waals surface area contributed by atoms with Crippen molar-refractivity contribution >= 4 is 21.7 Å². The van der Waals surface area contributed by atoms with Crippen LogP contribution < -0.4 is 10.5 Å². The molecule has 6 nitrogen and oxygen atoms in total. The zero-order valence-corrected chi connectivity index (χ0v) is 9.57. The Hall–Kier alpha value is -0.920. The largest absolute Gasteiger partial charge is 0.395 e. The summed E-state index contributed by atoms with van der Waals surface area (Å²) < 4.78 is 0.298. The number of aliphatic hydroxyl groups excluding tert-OH is 2. The molecule has 0 unspecified atom stereocenters. The minimum absolute atomic E-state index is 0.0685. The van der Waals surface area contributed by atoms with Gasteiger partial charge < -0.3 is 20.1 Å². The quantitative estimate of drug-likeness (QED) is 0.664. The smallest absolute Gasteiger partial charge is 0.267 e. The van der Waals surface area contributed by atoms with Gasteiger partial charge in [-0.1, -0.05) is 0 Å². The van der Waals surface area contributed by atoms with Gasteiger partial charge in [0, 0.05) is 13.1 Å². The summed E-state index contributed by atoms with van der Waals surface area (Å²) in [5, 5.41) is 17.7. The van der Waals surface area contributed by atoms with Gasteiger partial charge in [0.1, 0.15) is 10.3 Å². The third-order valence-corrected chi connectivity index (χ3v) is 2.53. The van der Waals surface area contributed by atoms with E-state index in [1.807, 2.05) is 0 Å². The van der Waals surface area contributed by atoms with E-state index in [0.29, 0.717) is 23.4 Å². The third kappa shape index (κ3) is 3.01. The zero-order valence-electron chi connectivity index (χ0n) is 7.98. The van der Waals surface area contributed by atoms with Crippen molar-refractivity contribution in [3.8, 4) is 0 Å². The predicted molar refractivity (Wildman–Crippen MR) is 58.9 cm³/mol. The second-order valence-corrected chi connectivity index (χ2v) is 3.60. The highest BCUT2D eigenvalue weighted by Gasteiger charge is 2.12. The molecule has 15 heavy (non-hydrogen) atoms. The van der Waals surface area contributed by atoms with Gasteiger partial charge in [-0.15, -0.1) is 0 Å². The maximum Gasteiger partial charge on any atom is 0.267 e. The van der Waals surface area contributed by atoms with Crippen molar-refractivity contribution in [2.24, 2.45) is 0 Å². The van der Waals surface area contributed by atoms with Crippen LogP contribution in [-0.4, -0.2) is 46.5 Å². The number of aromatic amines is 1. The van der Waals surface area contributed by atoms with Gasteiger partial charge in [-0.05, 0) is 15.9 Å². The number of hydrogen-bond acceptors (Lipinski definition) is 5. The van der Waals surface area contributed by atoms with E-state index in [1.165, 1.54) is 6.33 Å². The Balaban J connectivity index is 2.99. The first kappa shape index (κ1) is 12.2. The molecule has 7 heteroatoms. The van der Waals surface area contributed by atoms with Gasteiger partial charge in [-0.3, -0.25) is 4.79 Å². The molecular weight excluding hydrogens is 266 g/mol. The van der Waals surface area contributed by atoms with E-state index in [1.54, 1.807) is 4.90 Å². The third-order valence-electron chi connectivity index (χ3n) is 1.82. The lowest BCUT2D eigenvalue weighted by atomic mass is 10.4. The second kappa shape index (κ2) is 5.84. The molecule has 3 N–H and O–H groups in total. The molecule has 0 atom stereocenters. The lowest BCUT2D eigenvalue weighted by Crippen LogP contribution is -2.32. The SMILES string of the molecule is O=c1[nH]cnc(N(CCO)CCO)c1Br. The van der Waals surface area contributed by atoms with Crippen LogP contribution >= 0.6 is 15.9 Å². The maximum atomic E-state index is 11.3. The van der Waals surface area contributed by atoms with Gasteiger partial charge in [-0.25, -0.2) is 4.98 Å². The first-order valence-electron chi connectivity index (χ1n) is 4.40. The van der Waals surface area contributed by atoms with Crippen molar-refractivity contribution in [3.05, 3.63) is 21.2 Å². The van der Waals surface area contributed by atoms with Crippen LogP contribution in [0.4, 0.5) is 5.82 Å². The number of halogens is 1. The summed E-state index contributed by atoms with van der Waals surface area (Å²) >= 11 is 3.11. The van der Waals surface area contributed by atoms with E-state index in [0.717, 1.165) is 0 Å². The fourth-order valence-corrected chi connectivity index (χ4v) is 1.63. The monoisotopic (exact) mass is 277 g/mol. The molecule has 84 valence electrons. The highest BCUT2D eigenvalue weighted by Crippen LogP contribution is 2.17. The van der Waals surface area contributed by atoms with Gasteiger partial charge in [-0.2, -0.15) is 0 Å². The van der Waals surface area contributed by atoms with E-state index in [9.17, 15) is 4.79 Å². The first-order chi connectivity index (χ1) is 7.20. The summed E-state index contributed by atoms with van der Waals surface area (Å²) in [5.74, 6) is 0.418. The number of nitrogens with one attached hydrogen (secondary N) is 1. The second-order valence-electron chi connectivity index (χ2n) is 2.80. The zero-order chi connectivity index (χ0) is 11.3. The maximum absolute atomic E-state index is 11.3. The fourth-order valence-electron chi connectivity index (χ4n) is 1.16. The Kier molecular flexibility index (Phi) is 4.73. The average molecular weight is 278 g/mol. The normalized spacial score (nSPS) is 10.3. The van der Waals surface area contributed by atoms with Crippen LogP contribution in [0, 0.1) is 0 Å². The Morgan fingerprint density at radius 1 is 1.40 bits per heavy atom. The number of anilines is 1. The molecule has 0 aliphatic carbocycles. The number of aromatic nitrogens is 2. The lowest BCUT2D eigenvalue weighted by molar-refractivity contribution is 0.280. The molecule has 0 bridgehead atoms. The van der Waals surface area contributed by atoms with Crippen molar-refractivity contribution < 1.29 is 10.2 Å². The average Bonchev–Trinajstić information content (AvgIpc) is 2.22. The summed E-state index contributed by atoms with van der Waals surface area (Å²) in [6.07, 6.45) is 1.28. The molecular formula is C8H12BrN3O3. The highest BCUT2D eigenvalue weighted by molar-refractivity contribution is 9.10. The molecule has 0 aliphatic heterocycles. The van der Waals surface area contributed by atoms with Crippen LogP contribution in [0.15, 0.2) is 15.6 Å². The molecule has 1 aromatic rings. The Labute approximate surface area is 94.7 Å². The van der Waals surface area contributed by atoms with Gasteiger partial charge in [0.25, 0.3) is 5.56 Å². The highest BCUT2D eigenvalue weighted by atomic mass is 79.9. The van der Waals surface area contributed by atoms with Gasteiger partial charge in [0.05, 0.1) is 19.5 Å². The van der Waals surface area contributed by atoms with Crippen LogP contribution in [0.1, 0.15) is 0 Å². The molecule has 0 amide bonds. The summed E-state index contributed by atoms with van der Waals surface area (Å²) in [7, 11) is 0. The first-order valence-corrected chi connectivity index (χ1v) is 5.20. The van der Waals surface area contributed by atoms with E-state index in [-0.39, 0.29) is 18.8 Å². The molecule has 0 saturated heterocycles.